The van der Waals surface area contributed by atoms with Crippen LogP contribution in [0, 0.1) is 5.92 Å². The van der Waals surface area contributed by atoms with Crippen LogP contribution in [0.15, 0.2) is 24.3 Å². The predicted octanol–water partition coefficient (Wildman–Crippen LogP) is 2.50. The molecule has 1 aliphatic rings. The van der Waals surface area contributed by atoms with Crippen LogP contribution in [0.5, 0.6) is 0 Å². The van der Waals surface area contributed by atoms with Crippen LogP contribution in [0.2, 0.25) is 0 Å². The van der Waals surface area contributed by atoms with E-state index in [1.54, 1.807) is 48.2 Å². The van der Waals surface area contributed by atoms with Crippen LogP contribution in [0.1, 0.15) is 37.0 Å². The summed E-state index contributed by atoms with van der Waals surface area (Å²) in [6.45, 7) is 6.26. The maximum Gasteiger partial charge on any atom is 0.319 e. The molecule has 1 fully saturated rings. The van der Waals surface area contributed by atoms with Gasteiger partial charge in [0.2, 0.25) is 5.91 Å². The monoisotopic (exact) mass is 374 g/mol. The van der Waals surface area contributed by atoms with Crippen LogP contribution in [0.25, 0.3) is 0 Å². The van der Waals surface area contributed by atoms with Crippen LogP contribution in [0.3, 0.4) is 0 Å². The summed E-state index contributed by atoms with van der Waals surface area (Å²) in [6, 6.07) is 6.95. The van der Waals surface area contributed by atoms with E-state index in [2.05, 4.69) is 5.32 Å². The summed E-state index contributed by atoms with van der Waals surface area (Å²) in [5.74, 6) is -0.403. The van der Waals surface area contributed by atoms with Crippen LogP contribution in [0.4, 0.5) is 10.5 Å². The fourth-order valence-electron chi connectivity index (χ4n) is 3.32. The van der Waals surface area contributed by atoms with E-state index in [0.717, 1.165) is 12.8 Å². The molecular formula is C20H30N4O3. The second-order valence-corrected chi connectivity index (χ2v) is 7.01. The number of nitrogens with one attached hydrogen (secondary N) is 1. The number of amides is 4. The van der Waals surface area contributed by atoms with Gasteiger partial charge in [-0.2, -0.15) is 0 Å². The molecule has 1 saturated heterocycles. The molecule has 4 amide bonds. The van der Waals surface area contributed by atoms with E-state index in [9.17, 15) is 14.4 Å². The average molecular weight is 374 g/mol. The Morgan fingerprint density at radius 2 is 1.89 bits per heavy atom. The molecule has 148 valence electrons. The van der Waals surface area contributed by atoms with Crippen LogP contribution in [-0.4, -0.2) is 72.8 Å². The van der Waals surface area contributed by atoms with Gasteiger partial charge in [0.05, 0.1) is 5.92 Å². The molecule has 7 heteroatoms. The molecule has 0 bridgehead atoms. The molecule has 0 aliphatic carbocycles. The van der Waals surface area contributed by atoms with Crippen LogP contribution in [-0.2, 0) is 4.79 Å². The SMILES string of the molecule is CCN(CC)C(=O)c1cccc(NC(=O)[C@H]2CCCN(C(=O)N(C)C)C2)c1. The van der Waals surface area contributed by atoms with Crippen LogP contribution < -0.4 is 5.32 Å². The Labute approximate surface area is 161 Å². The Hall–Kier alpha value is -2.57. The Bertz CT molecular complexity index is 686. The molecule has 0 radical (unpaired) electrons. The maximum absolute atomic E-state index is 12.7. The zero-order valence-electron chi connectivity index (χ0n) is 16.7. The average Bonchev–Trinajstić information content (AvgIpc) is 2.68. The quantitative estimate of drug-likeness (QED) is 0.861. The summed E-state index contributed by atoms with van der Waals surface area (Å²) < 4.78 is 0. The normalized spacial score (nSPS) is 16.6. The lowest BCUT2D eigenvalue weighted by atomic mass is 9.97. The van der Waals surface area contributed by atoms with Crippen molar-refractivity contribution in [1.82, 2.24) is 14.7 Å². The summed E-state index contributed by atoms with van der Waals surface area (Å²) in [5, 5.41) is 2.91. The first-order chi connectivity index (χ1) is 12.9. The lowest BCUT2D eigenvalue weighted by molar-refractivity contribution is -0.121. The Morgan fingerprint density at radius 3 is 2.52 bits per heavy atom. The van der Waals surface area contributed by atoms with Gasteiger partial charge in [0.1, 0.15) is 0 Å². The number of piperidine rings is 1. The van der Waals surface area contributed by atoms with E-state index in [1.807, 2.05) is 13.8 Å². The zero-order chi connectivity index (χ0) is 20.0. The summed E-state index contributed by atoms with van der Waals surface area (Å²) in [5.41, 5.74) is 1.17. The van der Waals surface area contributed by atoms with Crippen molar-refractivity contribution in [3.63, 3.8) is 0 Å². The molecule has 1 N–H and O–H groups in total. The van der Waals surface area contributed by atoms with Crippen molar-refractivity contribution in [3.05, 3.63) is 29.8 Å². The van der Waals surface area contributed by atoms with Gasteiger partial charge in [-0.25, -0.2) is 4.79 Å². The van der Waals surface area contributed by atoms with Crippen molar-refractivity contribution in [3.8, 4) is 0 Å². The fraction of sp³-hybridized carbons (Fsp3) is 0.550. The molecule has 0 aromatic heterocycles. The van der Waals surface area contributed by atoms with E-state index < -0.39 is 0 Å². The van der Waals surface area contributed by atoms with E-state index in [-0.39, 0.29) is 23.8 Å². The van der Waals surface area contributed by atoms with Crippen molar-refractivity contribution in [2.24, 2.45) is 5.92 Å². The van der Waals surface area contributed by atoms with E-state index in [0.29, 0.717) is 37.4 Å². The smallest absolute Gasteiger partial charge is 0.319 e. The van der Waals surface area contributed by atoms with Crippen molar-refractivity contribution in [2.75, 3.05) is 45.6 Å². The third kappa shape index (κ3) is 5.21. The number of carbonyl (C=O) groups is 3. The molecule has 0 saturated carbocycles. The van der Waals surface area contributed by atoms with Gasteiger partial charge in [-0.3, -0.25) is 9.59 Å². The van der Waals surface area contributed by atoms with Crippen molar-refractivity contribution in [1.29, 1.82) is 0 Å². The topological polar surface area (TPSA) is 73.0 Å². The first-order valence-corrected chi connectivity index (χ1v) is 9.53. The highest BCUT2D eigenvalue weighted by Gasteiger charge is 2.29. The number of urea groups is 1. The van der Waals surface area contributed by atoms with E-state index in [1.165, 1.54) is 4.90 Å². The maximum atomic E-state index is 12.7. The number of hydrogen-bond donors (Lipinski definition) is 1. The van der Waals surface area contributed by atoms with Gasteiger partial charge in [-0.1, -0.05) is 6.07 Å². The number of rotatable bonds is 5. The highest BCUT2D eigenvalue weighted by atomic mass is 16.2. The van der Waals surface area contributed by atoms with Gasteiger partial charge in [-0.05, 0) is 44.9 Å². The third-order valence-electron chi connectivity index (χ3n) is 4.87. The van der Waals surface area contributed by atoms with Gasteiger partial charge in [-0.15, -0.1) is 0 Å². The molecule has 1 heterocycles. The summed E-state index contributed by atoms with van der Waals surface area (Å²) in [4.78, 5) is 42.3. The van der Waals surface area contributed by atoms with Gasteiger partial charge in [0, 0.05) is 51.5 Å². The number of anilines is 1. The number of likely N-dealkylation sites (tertiary alicyclic amines) is 1. The minimum Gasteiger partial charge on any atom is -0.339 e. The predicted molar refractivity (Wildman–Crippen MR) is 106 cm³/mol. The molecule has 2 rings (SSSR count). The first kappa shape index (κ1) is 20.7. The Balaban J connectivity index is 2.04. The van der Waals surface area contributed by atoms with E-state index in [4.69, 9.17) is 0 Å². The molecular weight excluding hydrogens is 344 g/mol. The number of hydrogen-bond acceptors (Lipinski definition) is 3. The molecule has 1 atom stereocenters. The van der Waals surface area contributed by atoms with Crippen LogP contribution >= 0.6 is 0 Å². The molecule has 0 unspecified atom stereocenters. The zero-order valence-corrected chi connectivity index (χ0v) is 16.7. The van der Waals surface area contributed by atoms with Gasteiger partial charge >= 0.3 is 6.03 Å². The second kappa shape index (κ2) is 9.39. The summed E-state index contributed by atoms with van der Waals surface area (Å²) in [7, 11) is 3.43. The van der Waals surface area contributed by atoms with Crippen molar-refractivity contribution >= 4 is 23.5 Å². The fourth-order valence-corrected chi connectivity index (χ4v) is 3.32. The summed E-state index contributed by atoms with van der Waals surface area (Å²) >= 11 is 0. The number of nitrogens with zero attached hydrogens (tertiary/aromatic N) is 3. The summed E-state index contributed by atoms with van der Waals surface area (Å²) in [6.07, 6.45) is 1.55. The molecule has 7 nitrogen and oxygen atoms in total. The third-order valence-corrected chi connectivity index (χ3v) is 4.87. The molecule has 1 aromatic rings. The minimum absolute atomic E-state index is 0.0449. The van der Waals surface area contributed by atoms with Gasteiger partial charge < -0.3 is 20.0 Å². The lowest BCUT2D eigenvalue weighted by Crippen LogP contribution is -2.47. The Kier molecular flexibility index (Phi) is 7.21. The largest absolute Gasteiger partial charge is 0.339 e. The standard InChI is InChI=1S/C20H30N4O3/c1-5-23(6-2)19(26)15-9-7-11-17(13-15)21-18(25)16-10-8-12-24(14-16)20(27)22(3)4/h7,9,11,13,16H,5-6,8,10,12,14H2,1-4H3,(H,21,25)/t16-/m0/s1. The number of benzene rings is 1. The molecule has 0 spiro atoms. The minimum atomic E-state index is -0.246. The number of carbonyl (C=O) groups excluding carboxylic acids is 3. The Morgan fingerprint density at radius 1 is 1.19 bits per heavy atom. The highest BCUT2D eigenvalue weighted by molar-refractivity contribution is 5.97. The van der Waals surface area contributed by atoms with Crippen molar-refractivity contribution in [2.45, 2.75) is 26.7 Å². The highest BCUT2D eigenvalue weighted by Crippen LogP contribution is 2.20. The van der Waals surface area contributed by atoms with Gasteiger partial charge in [0.25, 0.3) is 5.91 Å². The second-order valence-electron chi connectivity index (χ2n) is 7.01. The molecule has 1 aliphatic heterocycles. The van der Waals surface area contributed by atoms with Crippen molar-refractivity contribution < 1.29 is 14.4 Å². The van der Waals surface area contributed by atoms with Gasteiger partial charge in [0.15, 0.2) is 0 Å². The molecule has 27 heavy (non-hydrogen) atoms. The lowest BCUT2D eigenvalue weighted by Gasteiger charge is -2.33. The van der Waals surface area contributed by atoms with E-state index >= 15 is 0 Å². The first-order valence-electron chi connectivity index (χ1n) is 9.53. The molecule has 1 aromatic carbocycles.